The van der Waals surface area contributed by atoms with Crippen molar-refractivity contribution >= 4 is 5.96 Å². The maximum absolute atomic E-state index is 5.41. The second kappa shape index (κ2) is 10.6. The third-order valence-electron chi connectivity index (χ3n) is 5.41. The molecule has 2 fully saturated rings. The molecule has 0 amide bonds. The molecule has 0 bridgehead atoms. The van der Waals surface area contributed by atoms with Crippen LogP contribution in [0.25, 0.3) is 0 Å². The summed E-state index contributed by atoms with van der Waals surface area (Å²) in [5.41, 5.74) is 1.39. The number of hydrogen-bond donors (Lipinski definition) is 2. The second-order valence-electron chi connectivity index (χ2n) is 7.56. The minimum absolute atomic E-state index is 0.449. The third kappa shape index (κ3) is 6.48. The molecule has 6 nitrogen and oxygen atoms in total. The quantitative estimate of drug-likeness (QED) is 0.561. The lowest BCUT2D eigenvalue weighted by Gasteiger charge is -2.26. The molecule has 150 valence electrons. The first-order valence-corrected chi connectivity index (χ1v) is 10.4. The summed E-state index contributed by atoms with van der Waals surface area (Å²) in [4.78, 5) is 9.78. The van der Waals surface area contributed by atoms with Gasteiger partial charge in [-0.2, -0.15) is 0 Å². The third-order valence-corrected chi connectivity index (χ3v) is 5.41. The maximum Gasteiger partial charge on any atom is 0.191 e. The van der Waals surface area contributed by atoms with Crippen LogP contribution in [0.3, 0.4) is 0 Å². The number of ether oxygens (including phenoxy) is 1. The number of guanidine groups is 1. The van der Waals surface area contributed by atoms with E-state index in [0.717, 1.165) is 71.4 Å². The molecule has 2 aliphatic rings. The summed E-state index contributed by atoms with van der Waals surface area (Å²) >= 11 is 0. The molecule has 2 heterocycles. The van der Waals surface area contributed by atoms with E-state index in [1.165, 1.54) is 5.56 Å². The molecule has 0 aliphatic carbocycles. The van der Waals surface area contributed by atoms with Gasteiger partial charge in [0.2, 0.25) is 0 Å². The summed E-state index contributed by atoms with van der Waals surface area (Å²) in [6, 6.07) is 11.8. The predicted octanol–water partition coefficient (Wildman–Crippen LogP) is 1.54. The van der Waals surface area contributed by atoms with Gasteiger partial charge in [-0.25, -0.2) is 0 Å². The number of nitrogens with zero attached hydrogens (tertiary/aromatic N) is 3. The Labute approximate surface area is 164 Å². The van der Waals surface area contributed by atoms with Gasteiger partial charge in [0, 0.05) is 51.4 Å². The molecule has 0 spiro atoms. The molecule has 2 saturated heterocycles. The van der Waals surface area contributed by atoms with E-state index in [1.807, 2.05) is 0 Å². The summed E-state index contributed by atoms with van der Waals surface area (Å²) in [7, 11) is 0. The maximum atomic E-state index is 5.41. The lowest BCUT2D eigenvalue weighted by atomic mass is 10.2. The number of benzene rings is 1. The molecular formula is C21H35N5O. The van der Waals surface area contributed by atoms with Crippen LogP contribution in [0.2, 0.25) is 0 Å². The van der Waals surface area contributed by atoms with Crippen molar-refractivity contribution < 1.29 is 4.74 Å². The van der Waals surface area contributed by atoms with Crippen LogP contribution in [0.15, 0.2) is 35.3 Å². The van der Waals surface area contributed by atoms with Gasteiger partial charge in [-0.3, -0.25) is 14.8 Å². The zero-order valence-electron chi connectivity index (χ0n) is 16.9. The van der Waals surface area contributed by atoms with Gasteiger partial charge in [-0.15, -0.1) is 0 Å². The number of rotatable bonds is 7. The van der Waals surface area contributed by atoms with Crippen LogP contribution in [0.5, 0.6) is 0 Å². The topological polar surface area (TPSA) is 52.1 Å². The molecule has 0 aromatic heterocycles. The minimum atomic E-state index is 0.449. The molecule has 6 heteroatoms. The molecular weight excluding hydrogens is 338 g/mol. The van der Waals surface area contributed by atoms with E-state index in [4.69, 9.17) is 9.73 Å². The highest BCUT2D eigenvalue weighted by molar-refractivity contribution is 5.80. The monoisotopic (exact) mass is 373 g/mol. The minimum Gasteiger partial charge on any atom is -0.379 e. The van der Waals surface area contributed by atoms with Gasteiger partial charge in [0.05, 0.1) is 19.8 Å². The van der Waals surface area contributed by atoms with Crippen molar-refractivity contribution in [2.75, 3.05) is 52.5 Å². The first kappa shape index (κ1) is 20.1. The van der Waals surface area contributed by atoms with Gasteiger partial charge in [-0.1, -0.05) is 30.3 Å². The van der Waals surface area contributed by atoms with Crippen LogP contribution < -0.4 is 10.6 Å². The van der Waals surface area contributed by atoms with Crippen LogP contribution >= 0.6 is 0 Å². The van der Waals surface area contributed by atoms with Gasteiger partial charge in [0.25, 0.3) is 0 Å². The summed E-state index contributed by atoms with van der Waals surface area (Å²) < 4.78 is 5.41. The molecule has 2 unspecified atom stereocenters. The fraction of sp³-hybridized carbons (Fsp3) is 0.667. The summed E-state index contributed by atoms with van der Waals surface area (Å²) in [6.45, 7) is 13.0. The number of hydrogen-bond acceptors (Lipinski definition) is 4. The smallest absolute Gasteiger partial charge is 0.191 e. The predicted molar refractivity (Wildman–Crippen MR) is 111 cm³/mol. The molecule has 2 aliphatic heterocycles. The van der Waals surface area contributed by atoms with Gasteiger partial charge < -0.3 is 15.4 Å². The Hall–Kier alpha value is -1.63. The average Bonchev–Trinajstić information content (AvgIpc) is 3.02. The van der Waals surface area contributed by atoms with Crippen LogP contribution in [0.1, 0.15) is 25.8 Å². The Morgan fingerprint density at radius 1 is 1.22 bits per heavy atom. The Balaban J connectivity index is 1.47. The number of nitrogens with one attached hydrogen (secondary N) is 2. The van der Waals surface area contributed by atoms with Gasteiger partial charge in [0.1, 0.15) is 0 Å². The Bertz CT molecular complexity index is 573. The SMILES string of the molecule is CCNC(=NCCN1CCOCC1)NC1CC(C)N(Cc2ccccc2)C1. The highest BCUT2D eigenvalue weighted by Crippen LogP contribution is 2.20. The fourth-order valence-electron chi connectivity index (χ4n) is 3.88. The largest absolute Gasteiger partial charge is 0.379 e. The molecule has 2 atom stereocenters. The van der Waals surface area contributed by atoms with Crippen LogP contribution in [0.4, 0.5) is 0 Å². The van der Waals surface area contributed by atoms with E-state index in [1.54, 1.807) is 0 Å². The highest BCUT2D eigenvalue weighted by Gasteiger charge is 2.29. The van der Waals surface area contributed by atoms with Gasteiger partial charge in [-0.05, 0) is 25.8 Å². The number of morpholine rings is 1. The Kier molecular flexibility index (Phi) is 7.93. The van der Waals surface area contributed by atoms with Gasteiger partial charge >= 0.3 is 0 Å². The van der Waals surface area contributed by atoms with E-state index in [9.17, 15) is 0 Å². The highest BCUT2D eigenvalue weighted by atomic mass is 16.5. The van der Waals surface area contributed by atoms with E-state index >= 15 is 0 Å². The molecule has 27 heavy (non-hydrogen) atoms. The van der Waals surface area contributed by atoms with Gasteiger partial charge in [0.15, 0.2) is 5.96 Å². The van der Waals surface area contributed by atoms with Crippen molar-refractivity contribution in [3.63, 3.8) is 0 Å². The number of likely N-dealkylation sites (tertiary alicyclic amines) is 1. The first-order valence-electron chi connectivity index (χ1n) is 10.4. The van der Waals surface area contributed by atoms with Crippen molar-refractivity contribution in [2.45, 2.75) is 38.9 Å². The van der Waals surface area contributed by atoms with Crippen molar-refractivity contribution in [2.24, 2.45) is 4.99 Å². The fourth-order valence-corrected chi connectivity index (χ4v) is 3.88. The molecule has 2 N–H and O–H groups in total. The van der Waals surface area contributed by atoms with E-state index in [-0.39, 0.29) is 0 Å². The standard InChI is InChI=1S/C21H35N5O/c1-3-22-21(23-9-10-25-11-13-27-14-12-25)24-20-15-18(2)26(17-20)16-19-7-5-4-6-8-19/h4-8,18,20H,3,9-17H2,1-2H3,(H2,22,23,24). The summed E-state index contributed by atoms with van der Waals surface area (Å²) in [5.74, 6) is 0.949. The van der Waals surface area contributed by atoms with Crippen LogP contribution in [0, 0.1) is 0 Å². The van der Waals surface area contributed by atoms with Crippen LogP contribution in [-0.4, -0.2) is 80.3 Å². The summed E-state index contributed by atoms with van der Waals surface area (Å²) in [6.07, 6.45) is 1.15. The Morgan fingerprint density at radius 3 is 2.74 bits per heavy atom. The second-order valence-corrected chi connectivity index (χ2v) is 7.56. The van der Waals surface area contributed by atoms with Crippen molar-refractivity contribution in [3.8, 4) is 0 Å². The van der Waals surface area contributed by atoms with Crippen molar-refractivity contribution in [3.05, 3.63) is 35.9 Å². The lowest BCUT2D eigenvalue weighted by molar-refractivity contribution is 0.0394. The summed E-state index contributed by atoms with van der Waals surface area (Å²) in [5, 5.41) is 7.06. The lowest BCUT2D eigenvalue weighted by Crippen LogP contribution is -2.45. The molecule has 0 saturated carbocycles. The molecule has 1 aromatic carbocycles. The molecule has 3 rings (SSSR count). The van der Waals surface area contributed by atoms with E-state index < -0.39 is 0 Å². The van der Waals surface area contributed by atoms with Crippen molar-refractivity contribution in [1.29, 1.82) is 0 Å². The normalized spacial score (nSPS) is 24.9. The molecule has 0 radical (unpaired) electrons. The number of aliphatic imine (C=N–C) groups is 1. The van der Waals surface area contributed by atoms with Crippen molar-refractivity contribution in [1.82, 2.24) is 20.4 Å². The zero-order chi connectivity index (χ0) is 18.9. The van der Waals surface area contributed by atoms with E-state index in [2.05, 4.69) is 64.6 Å². The molecule has 1 aromatic rings. The first-order chi connectivity index (χ1) is 13.2. The van der Waals surface area contributed by atoms with E-state index in [0.29, 0.717) is 12.1 Å². The Morgan fingerprint density at radius 2 is 2.00 bits per heavy atom. The average molecular weight is 374 g/mol. The van der Waals surface area contributed by atoms with Crippen LogP contribution in [-0.2, 0) is 11.3 Å². The zero-order valence-corrected chi connectivity index (χ0v) is 16.9.